The Labute approximate surface area is 175 Å². The van der Waals surface area contributed by atoms with E-state index >= 15 is 0 Å². The highest BCUT2D eigenvalue weighted by Gasteiger charge is 2.63. The number of thioether (sulfide) groups is 1. The summed E-state index contributed by atoms with van der Waals surface area (Å²) in [6.07, 6.45) is 9.99. The van der Waals surface area contributed by atoms with Crippen LogP contribution < -0.4 is 0 Å². The molecule has 156 valence electrons. The molecule has 0 heterocycles. The van der Waals surface area contributed by atoms with E-state index in [0.717, 1.165) is 37.9 Å². The summed E-state index contributed by atoms with van der Waals surface area (Å²) in [6.45, 7) is 11.5. The molecule has 0 spiro atoms. The minimum Gasteiger partial charge on any atom is -0.298 e. The molecule has 3 fully saturated rings. The van der Waals surface area contributed by atoms with Crippen LogP contribution in [0.5, 0.6) is 0 Å². The van der Waals surface area contributed by atoms with Gasteiger partial charge in [0, 0.05) is 11.3 Å². The van der Waals surface area contributed by atoms with Crippen molar-refractivity contribution < 1.29 is 9.59 Å². The molecule has 0 aromatic heterocycles. The highest BCUT2D eigenvalue weighted by atomic mass is 32.2. The molecule has 0 radical (unpaired) electrons. The topological polar surface area (TPSA) is 34.1 Å². The van der Waals surface area contributed by atoms with E-state index in [-0.39, 0.29) is 22.2 Å². The zero-order chi connectivity index (χ0) is 20.3. The smallest absolute Gasteiger partial charge is 0.162 e. The van der Waals surface area contributed by atoms with Crippen molar-refractivity contribution in [1.29, 1.82) is 0 Å². The van der Waals surface area contributed by atoms with Gasteiger partial charge < -0.3 is 0 Å². The first-order chi connectivity index (χ1) is 13.2. The van der Waals surface area contributed by atoms with Gasteiger partial charge in [0.25, 0.3) is 0 Å². The molecule has 0 N–H and O–H groups in total. The third kappa shape index (κ3) is 2.74. The normalized spacial score (nSPS) is 47.8. The first-order valence-electron chi connectivity index (χ1n) is 11.5. The van der Waals surface area contributed by atoms with Crippen LogP contribution in [0.15, 0.2) is 11.6 Å². The molecule has 0 aliphatic heterocycles. The molecule has 3 heteroatoms. The average Bonchev–Trinajstić information content (AvgIpc) is 3.00. The number of rotatable bonds is 4. The van der Waals surface area contributed by atoms with Gasteiger partial charge in [-0.25, -0.2) is 0 Å². The second kappa shape index (κ2) is 7.00. The van der Waals surface area contributed by atoms with Gasteiger partial charge in [0.2, 0.25) is 0 Å². The Balaban J connectivity index is 1.67. The Morgan fingerprint density at radius 1 is 1.11 bits per heavy atom. The standard InChI is InChI=1S/C25H38O2S/c1-6-28-15-21(26)20-8-7-18-17-13-22(27)25(5)14-16(2)9-12-24(25,4)19(17)10-11-23(18,20)3/h13,16,18-20H,6-12,14-15H2,1-5H3. The molecule has 0 saturated heterocycles. The Morgan fingerprint density at radius 2 is 1.86 bits per heavy atom. The van der Waals surface area contributed by atoms with Crippen molar-refractivity contribution in [3.05, 3.63) is 11.6 Å². The molecule has 7 unspecified atom stereocenters. The lowest BCUT2D eigenvalue weighted by Crippen LogP contribution is -2.57. The molecule has 2 nitrogen and oxygen atoms in total. The SMILES string of the molecule is CCSCC(=O)C1CCC2C3=CC(=O)C4(C)CC(C)CCC4(C)C3CCC12C. The fraction of sp³-hybridized carbons (Fsp3) is 0.840. The van der Waals surface area contributed by atoms with Crippen molar-refractivity contribution >= 4 is 23.3 Å². The third-order valence-electron chi connectivity index (χ3n) is 9.73. The van der Waals surface area contributed by atoms with Crippen molar-refractivity contribution in [2.75, 3.05) is 11.5 Å². The van der Waals surface area contributed by atoms with E-state index in [2.05, 4.69) is 40.7 Å². The lowest BCUT2D eigenvalue weighted by Gasteiger charge is -2.61. The monoisotopic (exact) mass is 402 g/mol. The van der Waals surface area contributed by atoms with E-state index < -0.39 is 0 Å². The van der Waals surface area contributed by atoms with E-state index in [1.54, 1.807) is 11.8 Å². The van der Waals surface area contributed by atoms with Crippen LogP contribution in [0.25, 0.3) is 0 Å². The van der Waals surface area contributed by atoms with Gasteiger partial charge in [-0.1, -0.05) is 46.6 Å². The summed E-state index contributed by atoms with van der Waals surface area (Å²) in [6, 6.07) is 0. The minimum absolute atomic E-state index is 0.0695. The molecule has 3 saturated carbocycles. The largest absolute Gasteiger partial charge is 0.298 e. The maximum absolute atomic E-state index is 13.5. The van der Waals surface area contributed by atoms with Crippen LogP contribution >= 0.6 is 11.8 Å². The number of carbonyl (C=O) groups is 2. The molecule has 7 atom stereocenters. The molecule has 4 aliphatic rings. The van der Waals surface area contributed by atoms with Crippen LogP contribution in [-0.4, -0.2) is 23.1 Å². The van der Waals surface area contributed by atoms with Crippen LogP contribution in [-0.2, 0) is 9.59 Å². The molecule has 0 amide bonds. The van der Waals surface area contributed by atoms with Crippen LogP contribution in [0.1, 0.15) is 79.6 Å². The second-order valence-electron chi connectivity index (χ2n) is 11.0. The fourth-order valence-electron chi connectivity index (χ4n) is 7.82. The van der Waals surface area contributed by atoms with Crippen molar-refractivity contribution in [3.8, 4) is 0 Å². The molecular formula is C25H38O2S. The summed E-state index contributed by atoms with van der Waals surface area (Å²) in [5.41, 5.74) is 1.41. The lowest BCUT2D eigenvalue weighted by atomic mass is 9.42. The maximum Gasteiger partial charge on any atom is 0.162 e. The Kier molecular flexibility index (Phi) is 5.17. The first-order valence-corrected chi connectivity index (χ1v) is 12.7. The van der Waals surface area contributed by atoms with Gasteiger partial charge >= 0.3 is 0 Å². The van der Waals surface area contributed by atoms with Gasteiger partial charge in [0.15, 0.2) is 5.78 Å². The number of hydrogen-bond donors (Lipinski definition) is 0. The van der Waals surface area contributed by atoms with Crippen molar-refractivity contribution in [3.63, 3.8) is 0 Å². The number of carbonyl (C=O) groups excluding carboxylic acids is 2. The van der Waals surface area contributed by atoms with E-state index in [1.165, 1.54) is 18.4 Å². The van der Waals surface area contributed by atoms with Crippen LogP contribution in [0.4, 0.5) is 0 Å². The Hall–Kier alpha value is -0.570. The van der Waals surface area contributed by atoms with Gasteiger partial charge in [0.05, 0.1) is 5.75 Å². The van der Waals surface area contributed by atoms with Crippen LogP contribution in [0.2, 0.25) is 0 Å². The fourth-order valence-corrected chi connectivity index (χ4v) is 8.43. The first kappa shape index (κ1) is 20.7. The summed E-state index contributed by atoms with van der Waals surface area (Å²) < 4.78 is 0. The zero-order valence-electron chi connectivity index (χ0n) is 18.5. The van der Waals surface area contributed by atoms with E-state index in [0.29, 0.717) is 35.1 Å². The minimum atomic E-state index is -0.196. The molecule has 0 bridgehead atoms. The summed E-state index contributed by atoms with van der Waals surface area (Å²) in [5.74, 6) is 4.34. The summed E-state index contributed by atoms with van der Waals surface area (Å²) in [4.78, 5) is 26.4. The lowest BCUT2D eigenvalue weighted by molar-refractivity contribution is -0.145. The molecule has 4 aliphatic carbocycles. The third-order valence-corrected chi connectivity index (χ3v) is 10.6. The van der Waals surface area contributed by atoms with E-state index in [4.69, 9.17) is 0 Å². The summed E-state index contributed by atoms with van der Waals surface area (Å²) in [7, 11) is 0. The molecular weight excluding hydrogens is 364 g/mol. The second-order valence-corrected chi connectivity index (χ2v) is 12.3. The number of allylic oxidation sites excluding steroid dienone is 2. The Bertz CT molecular complexity index is 711. The van der Waals surface area contributed by atoms with Crippen molar-refractivity contribution in [2.24, 2.45) is 39.9 Å². The van der Waals surface area contributed by atoms with Gasteiger partial charge in [0.1, 0.15) is 5.78 Å². The number of hydrogen-bond acceptors (Lipinski definition) is 3. The number of ketones is 2. The van der Waals surface area contributed by atoms with E-state index in [9.17, 15) is 9.59 Å². The number of fused-ring (bicyclic) bond motifs is 5. The quantitative estimate of drug-likeness (QED) is 0.570. The maximum atomic E-state index is 13.5. The van der Waals surface area contributed by atoms with Gasteiger partial charge in [-0.3, -0.25) is 9.59 Å². The van der Waals surface area contributed by atoms with Crippen LogP contribution in [0, 0.1) is 39.9 Å². The number of Topliss-reactive ketones (excluding diaryl/α,β-unsaturated/α-hetero) is 1. The van der Waals surface area contributed by atoms with Gasteiger partial charge in [-0.05, 0) is 78.9 Å². The highest BCUT2D eigenvalue weighted by Crippen LogP contribution is 2.68. The Morgan fingerprint density at radius 3 is 2.57 bits per heavy atom. The zero-order valence-corrected chi connectivity index (χ0v) is 19.3. The predicted molar refractivity (Wildman–Crippen MR) is 117 cm³/mol. The van der Waals surface area contributed by atoms with Crippen molar-refractivity contribution in [2.45, 2.75) is 79.6 Å². The molecule has 0 aromatic rings. The molecule has 4 rings (SSSR count). The predicted octanol–water partition coefficient (Wildman–Crippen LogP) is 6.09. The summed E-state index contributed by atoms with van der Waals surface area (Å²) in [5, 5.41) is 0. The van der Waals surface area contributed by atoms with E-state index in [1.807, 2.05) is 0 Å². The highest BCUT2D eigenvalue weighted by molar-refractivity contribution is 7.99. The average molecular weight is 403 g/mol. The van der Waals surface area contributed by atoms with Crippen LogP contribution in [0.3, 0.4) is 0 Å². The van der Waals surface area contributed by atoms with Gasteiger partial charge in [-0.15, -0.1) is 0 Å². The summed E-state index contributed by atoms with van der Waals surface area (Å²) >= 11 is 1.76. The molecule has 0 aromatic carbocycles. The molecule has 28 heavy (non-hydrogen) atoms. The van der Waals surface area contributed by atoms with Crippen molar-refractivity contribution in [1.82, 2.24) is 0 Å². The van der Waals surface area contributed by atoms with Gasteiger partial charge in [-0.2, -0.15) is 11.8 Å².